The molecule has 0 bridgehead atoms. The van der Waals surface area contributed by atoms with Gasteiger partial charge in [0.05, 0.1) is 17.3 Å². The number of rotatable bonds is 6. The number of benzene rings is 1. The van der Waals surface area contributed by atoms with Gasteiger partial charge in [0.25, 0.3) is 11.5 Å². The van der Waals surface area contributed by atoms with E-state index in [1.165, 1.54) is 27.8 Å². The van der Waals surface area contributed by atoms with Crippen LogP contribution in [0.3, 0.4) is 0 Å². The van der Waals surface area contributed by atoms with Crippen molar-refractivity contribution >= 4 is 17.5 Å². The number of aromatic nitrogens is 2. The molecule has 0 radical (unpaired) electrons. The van der Waals surface area contributed by atoms with Gasteiger partial charge in [0.2, 0.25) is 5.91 Å². The molecular weight excluding hydrogens is 368 g/mol. The van der Waals surface area contributed by atoms with Gasteiger partial charge in [-0.1, -0.05) is 24.3 Å². The first kappa shape index (κ1) is 20.0. The summed E-state index contributed by atoms with van der Waals surface area (Å²) in [6.07, 6.45) is 3.06. The number of hydrogen-bond donors (Lipinski definition) is 1. The molecule has 7 heteroatoms. The summed E-state index contributed by atoms with van der Waals surface area (Å²) in [7, 11) is 1.65. The molecule has 148 valence electrons. The largest absolute Gasteiger partial charge is 0.344 e. The zero-order valence-corrected chi connectivity index (χ0v) is 16.3. The monoisotopic (exact) mass is 390 g/mol. The fourth-order valence-corrected chi connectivity index (χ4v) is 2.82. The van der Waals surface area contributed by atoms with Gasteiger partial charge in [0, 0.05) is 31.2 Å². The highest BCUT2D eigenvalue weighted by Gasteiger charge is 2.16. The molecule has 2 amide bonds. The van der Waals surface area contributed by atoms with Gasteiger partial charge in [-0.05, 0) is 37.3 Å². The molecule has 0 aliphatic carbocycles. The van der Waals surface area contributed by atoms with Crippen molar-refractivity contribution in [3.8, 4) is 0 Å². The molecule has 0 aliphatic rings. The molecule has 0 saturated heterocycles. The molecular formula is C22H22N4O3. The first-order chi connectivity index (χ1) is 14.0. The lowest BCUT2D eigenvalue weighted by Gasteiger charge is -2.18. The Bertz CT molecular complexity index is 1050. The molecule has 0 saturated carbocycles. The van der Waals surface area contributed by atoms with Crippen LogP contribution in [0.2, 0.25) is 0 Å². The van der Waals surface area contributed by atoms with E-state index >= 15 is 0 Å². The Kier molecular flexibility index (Phi) is 6.19. The molecule has 3 aromatic rings. The van der Waals surface area contributed by atoms with Gasteiger partial charge in [-0.2, -0.15) is 0 Å². The van der Waals surface area contributed by atoms with E-state index in [2.05, 4.69) is 10.3 Å². The summed E-state index contributed by atoms with van der Waals surface area (Å²) in [6.45, 7) is 1.66. The summed E-state index contributed by atoms with van der Waals surface area (Å²) in [4.78, 5) is 43.0. The highest BCUT2D eigenvalue weighted by atomic mass is 16.2. The maximum atomic E-state index is 12.6. The van der Waals surface area contributed by atoms with Crippen LogP contribution < -0.4 is 15.8 Å². The third-order valence-corrected chi connectivity index (χ3v) is 4.55. The summed E-state index contributed by atoms with van der Waals surface area (Å²) in [5, 5.41) is 2.85. The molecule has 0 aliphatic heterocycles. The fraction of sp³-hybridized carbons (Fsp3) is 0.182. The van der Waals surface area contributed by atoms with Crippen molar-refractivity contribution in [2.45, 2.75) is 19.5 Å². The number of carbonyl (C=O) groups excluding carboxylic acids is 2. The fourth-order valence-electron chi connectivity index (χ4n) is 2.82. The van der Waals surface area contributed by atoms with Crippen LogP contribution in [0.4, 0.5) is 5.69 Å². The summed E-state index contributed by atoms with van der Waals surface area (Å²) in [5.74, 6) is -0.613. The van der Waals surface area contributed by atoms with Crippen molar-refractivity contribution < 1.29 is 9.59 Å². The van der Waals surface area contributed by atoms with E-state index in [4.69, 9.17) is 0 Å². The Morgan fingerprint density at radius 3 is 2.48 bits per heavy atom. The van der Waals surface area contributed by atoms with E-state index in [9.17, 15) is 14.4 Å². The van der Waals surface area contributed by atoms with Gasteiger partial charge in [-0.25, -0.2) is 0 Å². The van der Waals surface area contributed by atoms with Crippen LogP contribution in [-0.2, 0) is 11.3 Å². The first-order valence-corrected chi connectivity index (χ1v) is 9.19. The molecule has 1 N–H and O–H groups in total. The Labute approximate surface area is 168 Å². The van der Waals surface area contributed by atoms with Gasteiger partial charge in [-0.15, -0.1) is 0 Å². The van der Waals surface area contributed by atoms with Gasteiger partial charge in [0.1, 0.15) is 6.54 Å². The number of anilines is 1. The zero-order chi connectivity index (χ0) is 20.8. The smallest absolute Gasteiger partial charge is 0.253 e. The number of para-hydroxylation sites is 1. The summed E-state index contributed by atoms with van der Waals surface area (Å²) in [6, 6.07) is 17.1. The SMILES string of the molecule is C[C@H](NC(=O)c1ccc(=O)n(CC(=O)N(C)c2ccccc2)c1)c1ccccn1. The van der Waals surface area contributed by atoms with E-state index in [1.54, 1.807) is 19.3 Å². The van der Waals surface area contributed by atoms with Gasteiger partial charge < -0.3 is 14.8 Å². The zero-order valence-electron chi connectivity index (χ0n) is 16.3. The Morgan fingerprint density at radius 2 is 1.79 bits per heavy atom. The van der Waals surface area contributed by atoms with E-state index in [-0.39, 0.29) is 30.0 Å². The first-order valence-electron chi connectivity index (χ1n) is 9.19. The lowest BCUT2D eigenvalue weighted by Crippen LogP contribution is -2.34. The molecule has 29 heavy (non-hydrogen) atoms. The minimum Gasteiger partial charge on any atom is -0.344 e. The van der Waals surface area contributed by atoms with Gasteiger partial charge in [0.15, 0.2) is 0 Å². The molecule has 0 fully saturated rings. The highest BCUT2D eigenvalue weighted by molar-refractivity contribution is 5.95. The second-order valence-electron chi connectivity index (χ2n) is 6.62. The minimum absolute atomic E-state index is 0.166. The summed E-state index contributed by atoms with van der Waals surface area (Å²) < 4.78 is 1.24. The Hall–Kier alpha value is -3.74. The van der Waals surface area contributed by atoms with Gasteiger partial charge in [-0.3, -0.25) is 19.4 Å². The molecule has 2 aromatic heterocycles. The maximum Gasteiger partial charge on any atom is 0.253 e. The van der Waals surface area contributed by atoms with Crippen LogP contribution in [0.1, 0.15) is 29.0 Å². The van der Waals surface area contributed by atoms with Crippen LogP contribution in [0.15, 0.2) is 77.9 Å². The van der Waals surface area contributed by atoms with E-state index in [0.29, 0.717) is 5.56 Å². The van der Waals surface area contributed by atoms with Crippen molar-refractivity contribution in [3.05, 3.63) is 94.7 Å². The molecule has 7 nitrogen and oxygen atoms in total. The third kappa shape index (κ3) is 4.95. The van der Waals surface area contributed by atoms with E-state index in [1.807, 2.05) is 49.4 Å². The molecule has 0 spiro atoms. The molecule has 0 unspecified atom stereocenters. The van der Waals surface area contributed by atoms with Crippen molar-refractivity contribution in [1.82, 2.24) is 14.9 Å². The van der Waals surface area contributed by atoms with Crippen LogP contribution in [-0.4, -0.2) is 28.4 Å². The van der Waals surface area contributed by atoms with Crippen molar-refractivity contribution in [1.29, 1.82) is 0 Å². The van der Waals surface area contributed by atoms with Crippen LogP contribution >= 0.6 is 0 Å². The van der Waals surface area contributed by atoms with Crippen molar-refractivity contribution in [2.24, 2.45) is 0 Å². The van der Waals surface area contributed by atoms with Crippen LogP contribution in [0, 0.1) is 0 Å². The average Bonchev–Trinajstić information content (AvgIpc) is 2.75. The second kappa shape index (κ2) is 8.97. The van der Waals surface area contributed by atoms with E-state index < -0.39 is 0 Å². The van der Waals surface area contributed by atoms with Crippen LogP contribution in [0.25, 0.3) is 0 Å². The number of carbonyl (C=O) groups is 2. The number of nitrogens with zero attached hydrogens (tertiary/aromatic N) is 3. The lowest BCUT2D eigenvalue weighted by molar-refractivity contribution is -0.118. The Morgan fingerprint density at radius 1 is 1.07 bits per heavy atom. The van der Waals surface area contributed by atoms with Crippen LogP contribution in [0.5, 0.6) is 0 Å². The topological polar surface area (TPSA) is 84.3 Å². The number of amides is 2. The number of hydrogen-bond acceptors (Lipinski definition) is 4. The lowest BCUT2D eigenvalue weighted by atomic mass is 10.2. The highest BCUT2D eigenvalue weighted by Crippen LogP contribution is 2.12. The average molecular weight is 390 g/mol. The molecule has 3 rings (SSSR count). The summed E-state index contributed by atoms with van der Waals surface area (Å²) in [5.41, 5.74) is 1.40. The quantitative estimate of drug-likeness (QED) is 0.700. The number of pyridine rings is 2. The normalized spacial score (nSPS) is 11.5. The maximum absolute atomic E-state index is 12.6. The minimum atomic E-state index is -0.353. The number of likely N-dealkylation sites (N-methyl/N-ethyl adjacent to an activating group) is 1. The third-order valence-electron chi connectivity index (χ3n) is 4.55. The molecule has 1 atom stereocenters. The predicted octanol–water partition coefficient (Wildman–Crippen LogP) is 2.40. The molecule has 1 aromatic carbocycles. The van der Waals surface area contributed by atoms with Crippen molar-refractivity contribution in [2.75, 3.05) is 11.9 Å². The van der Waals surface area contributed by atoms with E-state index in [0.717, 1.165) is 11.4 Å². The van der Waals surface area contributed by atoms with Gasteiger partial charge >= 0.3 is 0 Å². The van der Waals surface area contributed by atoms with Crippen molar-refractivity contribution in [3.63, 3.8) is 0 Å². The predicted molar refractivity (Wildman–Crippen MR) is 111 cm³/mol. The Balaban J connectivity index is 1.73. The standard InChI is InChI=1S/C22H22N4O3/c1-16(19-10-6-7-13-23-19)24-22(29)17-11-12-20(27)26(14-17)15-21(28)25(2)18-8-4-3-5-9-18/h3-14,16H,15H2,1-2H3,(H,24,29)/t16-/m0/s1. The number of nitrogens with one attached hydrogen (secondary N) is 1. The molecule has 2 heterocycles. The second-order valence-corrected chi connectivity index (χ2v) is 6.62. The summed E-state index contributed by atoms with van der Waals surface area (Å²) >= 11 is 0.